The van der Waals surface area contributed by atoms with E-state index in [0.29, 0.717) is 17.3 Å². The lowest BCUT2D eigenvalue weighted by atomic mass is 10.2. The van der Waals surface area contributed by atoms with Crippen molar-refractivity contribution in [3.63, 3.8) is 0 Å². The van der Waals surface area contributed by atoms with E-state index in [1.165, 1.54) is 22.2 Å². The minimum Gasteiger partial charge on any atom is -0.481 e. The van der Waals surface area contributed by atoms with Crippen LogP contribution in [0.25, 0.3) is 21.6 Å². The summed E-state index contributed by atoms with van der Waals surface area (Å²) in [4.78, 5) is 21.2. The van der Waals surface area contributed by atoms with Crippen molar-refractivity contribution in [1.82, 2.24) is 14.5 Å². The highest BCUT2D eigenvalue weighted by molar-refractivity contribution is 7.13. The number of fused-ring (bicyclic) bond motifs is 1. The van der Waals surface area contributed by atoms with Crippen molar-refractivity contribution in [3.05, 3.63) is 59.7 Å². The maximum Gasteiger partial charge on any atom is 0.275 e. The van der Waals surface area contributed by atoms with E-state index in [1.54, 1.807) is 30.8 Å². The third kappa shape index (κ3) is 3.48. The van der Waals surface area contributed by atoms with Crippen LogP contribution in [0.15, 0.2) is 54.0 Å². The van der Waals surface area contributed by atoms with E-state index < -0.39 is 0 Å². The number of carbonyl (C=O) groups excluding carboxylic acids is 1. The molecule has 1 aromatic carbocycles. The molecule has 3 heterocycles. The maximum atomic E-state index is 12.6. The third-order valence-corrected chi connectivity index (χ3v) is 5.28. The van der Waals surface area contributed by atoms with Gasteiger partial charge in [-0.2, -0.15) is 0 Å². The Morgan fingerprint density at radius 3 is 2.86 bits per heavy atom. The number of rotatable bonds is 6. The SMILES string of the molecule is CCCn1c(-c2nc(C(=O)Nc3ccc(OC)nc3)cs2)cc2ccccc21. The predicted octanol–water partition coefficient (Wildman–Crippen LogP) is 4.83. The first-order valence-electron chi connectivity index (χ1n) is 9.05. The summed E-state index contributed by atoms with van der Waals surface area (Å²) in [5, 5.41) is 6.62. The minimum atomic E-state index is -0.257. The number of nitrogens with zero attached hydrogens (tertiary/aromatic N) is 3. The lowest BCUT2D eigenvalue weighted by Gasteiger charge is -2.07. The first-order chi connectivity index (χ1) is 13.7. The van der Waals surface area contributed by atoms with Gasteiger partial charge in [-0.15, -0.1) is 11.3 Å². The van der Waals surface area contributed by atoms with Crippen LogP contribution in [0.5, 0.6) is 5.88 Å². The zero-order chi connectivity index (χ0) is 19.5. The Morgan fingerprint density at radius 2 is 2.11 bits per heavy atom. The summed E-state index contributed by atoms with van der Waals surface area (Å²) in [7, 11) is 1.55. The fraction of sp³-hybridized carbons (Fsp3) is 0.190. The summed E-state index contributed by atoms with van der Waals surface area (Å²) in [6, 6.07) is 13.9. The maximum absolute atomic E-state index is 12.6. The number of thiazole rings is 1. The van der Waals surface area contributed by atoms with Crippen molar-refractivity contribution in [3.8, 4) is 16.6 Å². The van der Waals surface area contributed by atoms with Crippen molar-refractivity contribution in [2.45, 2.75) is 19.9 Å². The van der Waals surface area contributed by atoms with Crippen LogP contribution in [0.1, 0.15) is 23.8 Å². The van der Waals surface area contributed by atoms with Gasteiger partial charge in [-0.3, -0.25) is 4.79 Å². The number of ether oxygens (including phenoxy) is 1. The number of hydrogen-bond acceptors (Lipinski definition) is 5. The molecule has 0 radical (unpaired) electrons. The average molecular weight is 392 g/mol. The van der Waals surface area contributed by atoms with Crippen LogP contribution < -0.4 is 10.1 Å². The minimum absolute atomic E-state index is 0.257. The van der Waals surface area contributed by atoms with Crippen molar-refractivity contribution in [2.75, 3.05) is 12.4 Å². The van der Waals surface area contributed by atoms with Crippen LogP contribution >= 0.6 is 11.3 Å². The summed E-state index contributed by atoms with van der Waals surface area (Å²) in [6.45, 7) is 3.06. The Labute approximate surface area is 166 Å². The third-order valence-electron chi connectivity index (χ3n) is 4.42. The zero-order valence-electron chi connectivity index (χ0n) is 15.7. The molecule has 1 amide bonds. The van der Waals surface area contributed by atoms with Gasteiger partial charge in [-0.05, 0) is 24.6 Å². The highest BCUT2D eigenvalue weighted by Crippen LogP contribution is 2.31. The molecule has 142 valence electrons. The van der Waals surface area contributed by atoms with E-state index in [4.69, 9.17) is 4.74 Å². The quantitative estimate of drug-likeness (QED) is 0.510. The van der Waals surface area contributed by atoms with Gasteiger partial charge in [-0.25, -0.2) is 9.97 Å². The molecule has 0 saturated heterocycles. The molecule has 3 aromatic heterocycles. The molecule has 6 nitrogen and oxygen atoms in total. The Balaban J connectivity index is 1.61. The van der Waals surface area contributed by atoms with E-state index in [0.717, 1.165) is 23.7 Å². The Kier molecular flexibility index (Phi) is 5.08. The number of anilines is 1. The van der Waals surface area contributed by atoms with Crippen LogP contribution in [0.3, 0.4) is 0 Å². The Bertz CT molecular complexity index is 1120. The number of nitrogens with one attached hydrogen (secondary N) is 1. The molecule has 0 fully saturated rings. The molecule has 0 spiro atoms. The largest absolute Gasteiger partial charge is 0.481 e. The van der Waals surface area contributed by atoms with E-state index >= 15 is 0 Å². The number of aromatic nitrogens is 3. The first-order valence-corrected chi connectivity index (χ1v) is 9.93. The molecule has 0 aliphatic rings. The molecular weight excluding hydrogens is 372 g/mol. The second-order valence-electron chi connectivity index (χ2n) is 6.32. The van der Waals surface area contributed by atoms with Gasteiger partial charge in [0.15, 0.2) is 0 Å². The van der Waals surface area contributed by atoms with E-state index in [2.05, 4.69) is 45.0 Å². The summed E-state index contributed by atoms with van der Waals surface area (Å²) in [5.41, 5.74) is 3.22. The molecule has 1 N–H and O–H groups in total. The van der Waals surface area contributed by atoms with Gasteiger partial charge < -0.3 is 14.6 Å². The van der Waals surface area contributed by atoms with Crippen LogP contribution in [0.2, 0.25) is 0 Å². The van der Waals surface area contributed by atoms with E-state index in [1.807, 2.05) is 12.1 Å². The molecular formula is C21H20N4O2S. The number of methoxy groups -OCH3 is 1. The number of aryl methyl sites for hydroxylation is 1. The molecule has 0 aliphatic heterocycles. The topological polar surface area (TPSA) is 69.0 Å². The summed E-state index contributed by atoms with van der Waals surface area (Å²) in [5.74, 6) is 0.241. The van der Waals surface area contributed by atoms with Crippen molar-refractivity contribution >= 4 is 33.8 Å². The fourth-order valence-corrected chi connectivity index (χ4v) is 3.94. The average Bonchev–Trinajstić information content (AvgIpc) is 3.34. The fourth-order valence-electron chi connectivity index (χ4n) is 3.12. The van der Waals surface area contributed by atoms with Crippen molar-refractivity contribution < 1.29 is 9.53 Å². The van der Waals surface area contributed by atoms with Crippen molar-refractivity contribution in [1.29, 1.82) is 0 Å². The summed E-state index contributed by atoms with van der Waals surface area (Å²) >= 11 is 1.47. The van der Waals surface area contributed by atoms with Gasteiger partial charge in [0.1, 0.15) is 10.7 Å². The molecule has 4 aromatic rings. The van der Waals surface area contributed by atoms with Gasteiger partial charge >= 0.3 is 0 Å². The molecule has 4 rings (SSSR count). The Morgan fingerprint density at radius 1 is 1.25 bits per heavy atom. The highest BCUT2D eigenvalue weighted by Gasteiger charge is 2.16. The molecule has 0 bridgehead atoms. The second kappa shape index (κ2) is 7.82. The number of para-hydroxylation sites is 1. The highest BCUT2D eigenvalue weighted by atomic mass is 32.1. The van der Waals surface area contributed by atoms with Crippen LogP contribution in [-0.2, 0) is 6.54 Å². The smallest absolute Gasteiger partial charge is 0.275 e. The molecule has 0 aliphatic carbocycles. The van der Waals surface area contributed by atoms with Crippen molar-refractivity contribution in [2.24, 2.45) is 0 Å². The predicted molar refractivity (Wildman–Crippen MR) is 112 cm³/mol. The molecule has 28 heavy (non-hydrogen) atoms. The van der Waals surface area contributed by atoms with Crippen LogP contribution in [0, 0.1) is 0 Å². The molecule has 0 saturated carbocycles. The van der Waals surface area contributed by atoms with Crippen LogP contribution in [-0.4, -0.2) is 27.6 Å². The molecule has 7 heteroatoms. The normalized spacial score (nSPS) is 10.9. The van der Waals surface area contributed by atoms with Gasteiger partial charge in [0.2, 0.25) is 5.88 Å². The number of amides is 1. The summed E-state index contributed by atoms with van der Waals surface area (Å²) in [6.07, 6.45) is 2.58. The number of pyridine rings is 1. The van der Waals surface area contributed by atoms with Crippen LogP contribution in [0.4, 0.5) is 5.69 Å². The number of carbonyl (C=O) groups is 1. The van der Waals surface area contributed by atoms with Gasteiger partial charge in [0.05, 0.1) is 24.7 Å². The van der Waals surface area contributed by atoms with Gasteiger partial charge in [0.25, 0.3) is 5.91 Å². The van der Waals surface area contributed by atoms with E-state index in [9.17, 15) is 4.79 Å². The standard InChI is InChI=1S/C21H20N4O2S/c1-3-10-25-17-7-5-4-6-14(17)11-18(25)21-24-16(13-28-21)20(26)23-15-8-9-19(27-2)22-12-15/h4-9,11-13H,3,10H2,1-2H3,(H,23,26). The first kappa shape index (κ1) is 18.2. The Hall–Kier alpha value is -3.19. The summed E-state index contributed by atoms with van der Waals surface area (Å²) < 4.78 is 7.30. The number of benzene rings is 1. The molecule has 0 atom stereocenters. The lowest BCUT2D eigenvalue weighted by Crippen LogP contribution is -2.12. The lowest BCUT2D eigenvalue weighted by molar-refractivity contribution is 0.102. The second-order valence-corrected chi connectivity index (χ2v) is 7.18. The molecule has 0 unspecified atom stereocenters. The monoisotopic (exact) mass is 392 g/mol. The van der Waals surface area contributed by atoms with Gasteiger partial charge in [0, 0.05) is 28.9 Å². The van der Waals surface area contributed by atoms with Gasteiger partial charge in [-0.1, -0.05) is 25.1 Å². The number of hydrogen-bond donors (Lipinski definition) is 1. The zero-order valence-corrected chi connectivity index (χ0v) is 16.5. The van der Waals surface area contributed by atoms with E-state index in [-0.39, 0.29) is 5.91 Å².